The Balaban J connectivity index is 1.38. The summed E-state index contributed by atoms with van der Waals surface area (Å²) in [6.07, 6.45) is 1.67. The third-order valence-corrected chi connectivity index (χ3v) is 6.97. The number of nitrogens with zero attached hydrogens (tertiary/aromatic N) is 2. The van der Waals surface area contributed by atoms with E-state index in [-0.39, 0.29) is 0 Å². The van der Waals surface area contributed by atoms with Crippen molar-refractivity contribution in [2.24, 2.45) is 0 Å². The van der Waals surface area contributed by atoms with E-state index in [4.69, 9.17) is 0 Å². The molecule has 0 N–H and O–H groups in total. The molecule has 0 saturated heterocycles. The molecule has 0 bridgehead atoms. The lowest BCUT2D eigenvalue weighted by Crippen LogP contribution is -1.91. The molecular weight excluding hydrogens is 436 g/mol. The highest BCUT2D eigenvalue weighted by molar-refractivity contribution is 6.25. The van der Waals surface area contributed by atoms with Crippen LogP contribution in [0.5, 0.6) is 0 Å². The number of hydrogen-bond acceptors (Lipinski definition) is 2. The van der Waals surface area contributed by atoms with E-state index in [0.717, 1.165) is 22.5 Å². The molecule has 0 aliphatic rings. The zero-order chi connectivity index (χ0) is 23.9. The lowest BCUT2D eigenvalue weighted by atomic mass is 9.93. The molecule has 2 heteroatoms. The maximum Gasteiger partial charge on any atom is 0.116 e. The summed E-state index contributed by atoms with van der Waals surface area (Å²) in [5.74, 6) is 0. The summed E-state index contributed by atoms with van der Waals surface area (Å²) in [4.78, 5) is 9.27. The molecule has 36 heavy (non-hydrogen) atoms. The topological polar surface area (TPSA) is 25.8 Å². The van der Waals surface area contributed by atoms with Crippen LogP contribution in [-0.4, -0.2) is 9.97 Å². The van der Waals surface area contributed by atoms with E-state index in [1.807, 2.05) is 6.07 Å². The molecule has 0 saturated carbocycles. The molecule has 0 amide bonds. The second-order valence-corrected chi connectivity index (χ2v) is 9.09. The summed E-state index contributed by atoms with van der Waals surface area (Å²) in [6, 6.07) is 45.1. The van der Waals surface area contributed by atoms with Gasteiger partial charge in [0.05, 0.1) is 11.4 Å². The summed E-state index contributed by atoms with van der Waals surface area (Å²) in [5, 5.41) is 7.61. The van der Waals surface area contributed by atoms with Gasteiger partial charge < -0.3 is 0 Å². The van der Waals surface area contributed by atoms with Crippen LogP contribution in [-0.2, 0) is 0 Å². The molecule has 7 aromatic rings. The van der Waals surface area contributed by atoms with E-state index in [9.17, 15) is 0 Å². The molecule has 0 spiro atoms. The van der Waals surface area contributed by atoms with Gasteiger partial charge in [0.1, 0.15) is 6.33 Å². The van der Waals surface area contributed by atoms with E-state index in [1.165, 1.54) is 43.4 Å². The smallest absolute Gasteiger partial charge is 0.116 e. The van der Waals surface area contributed by atoms with Crippen molar-refractivity contribution < 1.29 is 0 Å². The highest BCUT2D eigenvalue weighted by Crippen LogP contribution is 2.37. The van der Waals surface area contributed by atoms with E-state index in [1.54, 1.807) is 6.33 Å². The van der Waals surface area contributed by atoms with Gasteiger partial charge in [-0.15, -0.1) is 0 Å². The molecule has 0 unspecified atom stereocenters. The molecule has 7 rings (SSSR count). The highest BCUT2D eigenvalue weighted by Gasteiger charge is 2.11. The standard InChI is InChI=1S/C34H22N2/c1-2-9-23(10-3-1)24-11-8-12-25(19-24)33-21-34(36-22-35-33)26-17-18-31-29-15-5-4-13-27(29)28-14-6-7-16-30(28)32(31)20-26/h1-22H. The van der Waals surface area contributed by atoms with Crippen LogP contribution >= 0.6 is 0 Å². The average molecular weight is 459 g/mol. The predicted octanol–water partition coefficient (Wildman–Crippen LogP) is 8.94. The Bertz CT molecular complexity index is 1850. The van der Waals surface area contributed by atoms with Gasteiger partial charge in [0.25, 0.3) is 0 Å². The van der Waals surface area contributed by atoms with Gasteiger partial charge in [0.15, 0.2) is 0 Å². The zero-order valence-corrected chi connectivity index (χ0v) is 19.6. The summed E-state index contributed by atoms with van der Waals surface area (Å²) >= 11 is 0. The average Bonchev–Trinajstić information content (AvgIpc) is 2.98. The molecule has 0 aliphatic carbocycles. The first-order chi connectivity index (χ1) is 17.8. The SMILES string of the molecule is c1ccc(-c2cccc(-c3cc(-c4ccc5c6ccccc6c6ccccc6c5c4)ncn3)c2)cc1. The molecule has 0 aliphatic heterocycles. The molecule has 1 heterocycles. The van der Waals surface area contributed by atoms with Crippen LogP contribution < -0.4 is 0 Å². The van der Waals surface area contributed by atoms with E-state index in [0.29, 0.717) is 0 Å². The van der Waals surface area contributed by atoms with Crippen molar-refractivity contribution in [3.63, 3.8) is 0 Å². The van der Waals surface area contributed by atoms with Crippen LogP contribution in [0.15, 0.2) is 134 Å². The minimum atomic E-state index is 0.918. The predicted molar refractivity (Wildman–Crippen MR) is 151 cm³/mol. The monoisotopic (exact) mass is 458 g/mol. The summed E-state index contributed by atoms with van der Waals surface area (Å²) < 4.78 is 0. The molecule has 0 fully saturated rings. The van der Waals surface area contributed by atoms with Crippen molar-refractivity contribution in [3.8, 4) is 33.6 Å². The first-order valence-corrected chi connectivity index (χ1v) is 12.2. The third kappa shape index (κ3) is 3.43. The summed E-state index contributed by atoms with van der Waals surface area (Å²) in [5.41, 5.74) is 6.38. The number of fused-ring (bicyclic) bond motifs is 6. The molecule has 168 valence electrons. The number of aromatic nitrogens is 2. The van der Waals surface area contributed by atoms with Crippen LogP contribution in [0.2, 0.25) is 0 Å². The maximum absolute atomic E-state index is 4.65. The highest BCUT2D eigenvalue weighted by atomic mass is 14.8. The Labute approximate surface area is 209 Å². The maximum atomic E-state index is 4.65. The van der Waals surface area contributed by atoms with Gasteiger partial charge in [0, 0.05) is 11.1 Å². The van der Waals surface area contributed by atoms with Gasteiger partial charge in [-0.05, 0) is 61.6 Å². The van der Waals surface area contributed by atoms with Gasteiger partial charge in [-0.25, -0.2) is 9.97 Å². The third-order valence-electron chi connectivity index (χ3n) is 6.97. The van der Waals surface area contributed by atoms with Crippen LogP contribution in [0.25, 0.3) is 66.0 Å². The van der Waals surface area contributed by atoms with Crippen molar-refractivity contribution in [1.29, 1.82) is 0 Å². The first-order valence-electron chi connectivity index (χ1n) is 12.2. The lowest BCUT2D eigenvalue weighted by Gasteiger charge is -2.12. The number of hydrogen-bond donors (Lipinski definition) is 0. The molecule has 2 nitrogen and oxygen atoms in total. The van der Waals surface area contributed by atoms with Gasteiger partial charge in [0.2, 0.25) is 0 Å². The Morgan fingerprint density at radius 3 is 1.47 bits per heavy atom. The first kappa shape index (κ1) is 20.5. The Morgan fingerprint density at radius 2 is 0.806 bits per heavy atom. The van der Waals surface area contributed by atoms with Crippen molar-refractivity contribution in [3.05, 3.63) is 134 Å². The van der Waals surface area contributed by atoms with Crippen LogP contribution in [0.3, 0.4) is 0 Å². The Kier molecular flexibility index (Phi) is 4.82. The fraction of sp³-hybridized carbons (Fsp3) is 0. The van der Waals surface area contributed by atoms with E-state index >= 15 is 0 Å². The van der Waals surface area contributed by atoms with Crippen LogP contribution in [0, 0.1) is 0 Å². The fourth-order valence-corrected chi connectivity index (χ4v) is 5.23. The lowest BCUT2D eigenvalue weighted by molar-refractivity contribution is 1.18. The minimum absolute atomic E-state index is 0.918. The van der Waals surface area contributed by atoms with Gasteiger partial charge in [-0.2, -0.15) is 0 Å². The van der Waals surface area contributed by atoms with Gasteiger partial charge in [-0.3, -0.25) is 0 Å². The normalized spacial score (nSPS) is 11.3. The quantitative estimate of drug-likeness (QED) is 0.247. The fourth-order valence-electron chi connectivity index (χ4n) is 5.23. The number of benzene rings is 6. The summed E-state index contributed by atoms with van der Waals surface area (Å²) in [6.45, 7) is 0. The van der Waals surface area contributed by atoms with Gasteiger partial charge in [-0.1, -0.05) is 109 Å². The summed E-state index contributed by atoms with van der Waals surface area (Å²) in [7, 11) is 0. The number of rotatable bonds is 3. The van der Waals surface area contributed by atoms with Crippen LogP contribution in [0.4, 0.5) is 0 Å². The van der Waals surface area contributed by atoms with Crippen molar-refractivity contribution in [2.45, 2.75) is 0 Å². The second kappa shape index (κ2) is 8.44. The van der Waals surface area contributed by atoms with Gasteiger partial charge >= 0.3 is 0 Å². The van der Waals surface area contributed by atoms with Crippen molar-refractivity contribution in [1.82, 2.24) is 9.97 Å². The largest absolute Gasteiger partial charge is 0.236 e. The molecule has 6 aromatic carbocycles. The molecule has 0 radical (unpaired) electrons. The molecule has 0 atom stereocenters. The van der Waals surface area contributed by atoms with E-state index in [2.05, 4.69) is 131 Å². The molecule has 1 aromatic heterocycles. The van der Waals surface area contributed by atoms with Crippen molar-refractivity contribution >= 4 is 32.3 Å². The molecular formula is C34H22N2. The Hall–Kier alpha value is -4.82. The Morgan fingerprint density at radius 1 is 0.306 bits per heavy atom. The van der Waals surface area contributed by atoms with E-state index < -0.39 is 0 Å². The zero-order valence-electron chi connectivity index (χ0n) is 19.6. The van der Waals surface area contributed by atoms with Crippen LogP contribution in [0.1, 0.15) is 0 Å². The van der Waals surface area contributed by atoms with Crippen molar-refractivity contribution in [2.75, 3.05) is 0 Å². The minimum Gasteiger partial charge on any atom is -0.236 e. The second-order valence-electron chi connectivity index (χ2n) is 9.09.